The summed E-state index contributed by atoms with van der Waals surface area (Å²) in [6, 6.07) is 12.8. The van der Waals surface area contributed by atoms with Gasteiger partial charge in [-0.1, -0.05) is 31.9 Å². The number of halogens is 2. The quantitative estimate of drug-likeness (QED) is 0.103. The van der Waals surface area contributed by atoms with Crippen LogP contribution >= 0.6 is 31.9 Å². The van der Waals surface area contributed by atoms with E-state index in [9.17, 15) is 14.4 Å². The van der Waals surface area contributed by atoms with Crippen molar-refractivity contribution in [2.45, 2.75) is 59.7 Å². The molecule has 0 aliphatic carbocycles. The Hall–Kier alpha value is -3.57. The molecule has 0 aliphatic rings. The Bertz CT molecular complexity index is 1800. The maximum Gasteiger partial charge on any atom is 0.513 e. The fourth-order valence-corrected chi connectivity index (χ4v) is 5.62. The summed E-state index contributed by atoms with van der Waals surface area (Å²) in [5, 5.41) is 2.61. The van der Waals surface area contributed by atoms with Crippen molar-refractivity contribution in [3.05, 3.63) is 51.4 Å². The molecular formula is C31H30Br2N2O7. The molecule has 0 saturated heterocycles. The highest BCUT2D eigenvalue weighted by molar-refractivity contribution is 9.10. The molecule has 2 aromatic heterocycles. The summed E-state index contributed by atoms with van der Waals surface area (Å²) in [5.41, 5.74) is -0.107. The SMILES string of the molecule is CCOC(=O)Oc1c2c(cc3c4cc(Br)ccc4n(C(=O)OC(C)(C)C)c13)c1cc(Br)ccc1n2C(=O)OC(C)(C)C. The Kier molecular flexibility index (Phi) is 7.55. The van der Waals surface area contributed by atoms with Gasteiger partial charge >= 0.3 is 18.3 Å². The third-order valence-electron chi connectivity index (χ3n) is 6.26. The number of nitrogens with zero attached hydrogens (tertiary/aromatic N) is 2. The smallest absolute Gasteiger partial charge is 0.443 e. The predicted molar refractivity (Wildman–Crippen MR) is 169 cm³/mol. The minimum absolute atomic E-state index is 0.0442. The molecule has 0 atom stereocenters. The Morgan fingerprint density at radius 3 is 1.50 bits per heavy atom. The van der Waals surface area contributed by atoms with Crippen molar-refractivity contribution in [1.29, 1.82) is 0 Å². The van der Waals surface area contributed by atoms with Crippen molar-refractivity contribution >= 4 is 93.8 Å². The fraction of sp³-hybridized carbons (Fsp3) is 0.323. The molecule has 5 rings (SSSR count). The maximum atomic E-state index is 13.8. The van der Waals surface area contributed by atoms with E-state index in [1.165, 1.54) is 9.13 Å². The number of aromatic nitrogens is 2. The van der Waals surface area contributed by atoms with Crippen LogP contribution < -0.4 is 4.74 Å². The third kappa shape index (κ3) is 5.47. The average Bonchev–Trinajstić information content (AvgIpc) is 3.34. The fourth-order valence-electron chi connectivity index (χ4n) is 4.89. The first-order valence-corrected chi connectivity index (χ1v) is 14.9. The van der Waals surface area contributed by atoms with Crippen LogP contribution in [-0.4, -0.2) is 45.3 Å². The molecule has 0 radical (unpaired) electrons. The van der Waals surface area contributed by atoms with Crippen molar-refractivity contribution in [3.63, 3.8) is 0 Å². The van der Waals surface area contributed by atoms with Gasteiger partial charge < -0.3 is 18.9 Å². The van der Waals surface area contributed by atoms with Crippen LogP contribution in [0, 0.1) is 0 Å². The highest BCUT2D eigenvalue weighted by Gasteiger charge is 2.32. The maximum absolute atomic E-state index is 13.8. The lowest BCUT2D eigenvalue weighted by Crippen LogP contribution is -2.28. The summed E-state index contributed by atoms with van der Waals surface area (Å²) in [6.45, 7) is 12.3. The molecule has 5 aromatic rings. The highest BCUT2D eigenvalue weighted by Crippen LogP contribution is 2.45. The van der Waals surface area contributed by atoms with Gasteiger partial charge in [0.2, 0.25) is 0 Å². The van der Waals surface area contributed by atoms with Gasteiger partial charge in [-0.05, 0) is 90.9 Å². The normalized spacial score (nSPS) is 12.3. The van der Waals surface area contributed by atoms with Gasteiger partial charge in [0, 0.05) is 30.5 Å². The molecule has 0 bridgehead atoms. The standard InChI is InChI=1S/C31H30Br2N2O7/c1-8-39-29(38)40-26-24-20(18-13-16(32)9-11-22(18)34(24)27(36)41-30(2,3)4)15-21-19-14-17(33)10-12-23(19)35(25(21)26)28(37)42-31(5,6)7/h9-15H,8H2,1-7H3. The first kappa shape index (κ1) is 29.9. The molecule has 11 heteroatoms. The minimum Gasteiger partial charge on any atom is -0.443 e. The van der Waals surface area contributed by atoms with E-state index in [1.807, 2.05) is 18.2 Å². The molecule has 3 aromatic carbocycles. The van der Waals surface area contributed by atoms with Crippen molar-refractivity contribution < 1.29 is 33.3 Å². The van der Waals surface area contributed by atoms with Crippen LogP contribution in [-0.2, 0) is 14.2 Å². The van der Waals surface area contributed by atoms with E-state index in [0.717, 1.165) is 8.95 Å². The van der Waals surface area contributed by atoms with E-state index in [0.29, 0.717) is 32.6 Å². The van der Waals surface area contributed by atoms with Gasteiger partial charge in [0.15, 0.2) is 5.75 Å². The van der Waals surface area contributed by atoms with Crippen LogP contribution in [0.25, 0.3) is 43.6 Å². The number of carbonyl (C=O) groups is 3. The van der Waals surface area contributed by atoms with Gasteiger partial charge in [-0.2, -0.15) is 0 Å². The first-order chi connectivity index (χ1) is 19.6. The largest absolute Gasteiger partial charge is 0.513 e. The molecule has 0 unspecified atom stereocenters. The molecule has 0 fully saturated rings. The molecule has 2 heterocycles. The number of benzene rings is 3. The zero-order chi connectivity index (χ0) is 30.7. The molecule has 0 spiro atoms. The van der Waals surface area contributed by atoms with Crippen molar-refractivity contribution in [2.24, 2.45) is 0 Å². The topological polar surface area (TPSA) is 98.0 Å². The van der Waals surface area contributed by atoms with E-state index >= 15 is 0 Å². The van der Waals surface area contributed by atoms with Crippen LogP contribution in [0.5, 0.6) is 5.75 Å². The van der Waals surface area contributed by atoms with Crippen LogP contribution in [0.1, 0.15) is 48.5 Å². The monoisotopic (exact) mass is 700 g/mol. The molecular weight excluding hydrogens is 672 g/mol. The van der Waals surface area contributed by atoms with Crippen LogP contribution in [0.2, 0.25) is 0 Å². The van der Waals surface area contributed by atoms with E-state index in [1.54, 1.807) is 72.7 Å². The lowest BCUT2D eigenvalue weighted by Gasteiger charge is -2.21. The van der Waals surface area contributed by atoms with E-state index in [-0.39, 0.29) is 23.4 Å². The van der Waals surface area contributed by atoms with Crippen molar-refractivity contribution in [1.82, 2.24) is 9.13 Å². The summed E-state index contributed by atoms with van der Waals surface area (Å²) in [4.78, 5) is 40.6. The Morgan fingerprint density at radius 2 is 1.12 bits per heavy atom. The lowest BCUT2D eigenvalue weighted by atomic mass is 10.1. The lowest BCUT2D eigenvalue weighted by molar-refractivity contribution is 0.0541. The van der Waals surface area contributed by atoms with Gasteiger partial charge in [0.05, 0.1) is 17.6 Å². The van der Waals surface area contributed by atoms with Crippen molar-refractivity contribution in [3.8, 4) is 5.75 Å². The average molecular weight is 702 g/mol. The highest BCUT2D eigenvalue weighted by atomic mass is 79.9. The number of ether oxygens (including phenoxy) is 4. The molecule has 42 heavy (non-hydrogen) atoms. The van der Waals surface area contributed by atoms with Crippen molar-refractivity contribution in [2.75, 3.05) is 6.61 Å². The molecule has 0 amide bonds. The summed E-state index contributed by atoms with van der Waals surface area (Å²) in [5.74, 6) is -0.0442. The van der Waals surface area contributed by atoms with Gasteiger partial charge in [-0.15, -0.1) is 0 Å². The molecule has 220 valence electrons. The van der Waals surface area contributed by atoms with E-state index < -0.39 is 29.5 Å². The van der Waals surface area contributed by atoms with Gasteiger partial charge in [0.25, 0.3) is 0 Å². The number of rotatable bonds is 2. The predicted octanol–water partition coefficient (Wildman–Crippen LogP) is 9.53. The molecule has 0 N–H and O–H groups in total. The number of hydrogen-bond acceptors (Lipinski definition) is 7. The second-order valence-electron chi connectivity index (χ2n) is 11.7. The molecule has 9 nitrogen and oxygen atoms in total. The van der Waals surface area contributed by atoms with E-state index in [4.69, 9.17) is 18.9 Å². The van der Waals surface area contributed by atoms with Crippen LogP contribution in [0.3, 0.4) is 0 Å². The second kappa shape index (κ2) is 10.6. The number of hydrogen-bond donors (Lipinski definition) is 0. The first-order valence-electron chi connectivity index (χ1n) is 13.3. The van der Waals surface area contributed by atoms with E-state index in [2.05, 4.69) is 31.9 Å². The Labute approximate surface area is 258 Å². The minimum atomic E-state index is -0.990. The molecule has 0 aliphatic heterocycles. The summed E-state index contributed by atoms with van der Waals surface area (Å²) in [7, 11) is 0. The summed E-state index contributed by atoms with van der Waals surface area (Å²) < 4.78 is 27.0. The Morgan fingerprint density at radius 1 is 0.690 bits per heavy atom. The summed E-state index contributed by atoms with van der Waals surface area (Å²) in [6.07, 6.45) is -2.35. The van der Waals surface area contributed by atoms with Gasteiger partial charge in [-0.25, -0.2) is 23.5 Å². The van der Waals surface area contributed by atoms with Crippen LogP contribution in [0.15, 0.2) is 51.4 Å². The van der Waals surface area contributed by atoms with Crippen LogP contribution in [0.4, 0.5) is 14.4 Å². The van der Waals surface area contributed by atoms with Gasteiger partial charge in [0.1, 0.15) is 22.2 Å². The third-order valence-corrected chi connectivity index (χ3v) is 7.24. The number of carbonyl (C=O) groups excluding carboxylic acids is 3. The molecule has 0 saturated carbocycles. The number of fused-ring (bicyclic) bond motifs is 6. The Balaban J connectivity index is 2.04. The zero-order valence-electron chi connectivity index (χ0n) is 24.3. The second-order valence-corrected chi connectivity index (χ2v) is 13.6. The van der Waals surface area contributed by atoms with Gasteiger partial charge in [-0.3, -0.25) is 0 Å². The zero-order valence-corrected chi connectivity index (χ0v) is 27.4. The summed E-state index contributed by atoms with van der Waals surface area (Å²) >= 11 is 7.08.